The summed E-state index contributed by atoms with van der Waals surface area (Å²) in [7, 11) is 1.64. The van der Waals surface area contributed by atoms with Crippen LogP contribution in [0.4, 0.5) is 0 Å². The number of pyridine rings is 1. The smallest absolute Gasteiger partial charge is 0.221 e. The molecule has 5 nitrogen and oxygen atoms in total. The van der Waals surface area contributed by atoms with Crippen molar-refractivity contribution >= 4 is 11.0 Å². The molecular formula is C16H15N3O2. The highest BCUT2D eigenvalue weighted by Crippen LogP contribution is 2.31. The van der Waals surface area contributed by atoms with Gasteiger partial charge < -0.3 is 14.0 Å². The Morgan fingerprint density at radius 1 is 1.24 bits per heavy atom. The van der Waals surface area contributed by atoms with Gasteiger partial charge in [-0.05, 0) is 29.8 Å². The van der Waals surface area contributed by atoms with Gasteiger partial charge in [0.05, 0.1) is 43.7 Å². The summed E-state index contributed by atoms with van der Waals surface area (Å²) < 4.78 is 12.8. The van der Waals surface area contributed by atoms with Gasteiger partial charge in [-0.25, -0.2) is 9.97 Å². The van der Waals surface area contributed by atoms with Crippen molar-refractivity contribution < 1.29 is 9.47 Å². The lowest BCUT2D eigenvalue weighted by molar-refractivity contribution is -0.0216. The van der Waals surface area contributed by atoms with Gasteiger partial charge in [-0.15, -0.1) is 0 Å². The van der Waals surface area contributed by atoms with Crippen molar-refractivity contribution in [2.24, 2.45) is 0 Å². The van der Waals surface area contributed by atoms with Gasteiger partial charge in [-0.3, -0.25) is 0 Å². The van der Waals surface area contributed by atoms with Gasteiger partial charge in [0, 0.05) is 11.8 Å². The fourth-order valence-electron chi connectivity index (χ4n) is 2.64. The van der Waals surface area contributed by atoms with Crippen LogP contribution >= 0.6 is 0 Å². The molecule has 106 valence electrons. The number of hydrogen-bond donors (Lipinski definition) is 0. The van der Waals surface area contributed by atoms with Crippen LogP contribution in [0.1, 0.15) is 6.04 Å². The van der Waals surface area contributed by atoms with Gasteiger partial charge in [0.15, 0.2) is 0 Å². The summed E-state index contributed by atoms with van der Waals surface area (Å²) in [5.74, 6) is 0.634. The van der Waals surface area contributed by atoms with Gasteiger partial charge in [0.1, 0.15) is 0 Å². The molecule has 0 aliphatic carbocycles. The van der Waals surface area contributed by atoms with Crippen molar-refractivity contribution in [3.63, 3.8) is 0 Å². The van der Waals surface area contributed by atoms with E-state index in [1.54, 1.807) is 13.3 Å². The summed E-state index contributed by atoms with van der Waals surface area (Å²) in [5, 5.41) is 0. The van der Waals surface area contributed by atoms with Gasteiger partial charge in [-0.2, -0.15) is 0 Å². The van der Waals surface area contributed by atoms with Crippen molar-refractivity contribution in [3.8, 4) is 17.0 Å². The predicted octanol–water partition coefficient (Wildman–Crippen LogP) is 2.68. The van der Waals surface area contributed by atoms with Crippen LogP contribution in [-0.4, -0.2) is 34.9 Å². The average molecular weight is 281 g/mol. The summed E-state index contributed by atoms with van der Waals surface area (Å²) in [6, 6.07) is 10.5. The van der Waals surface area contributed by atoms with E-state index in [0.717, 1.165) is 35.4 Å². The Bertz CT molecular complexity index is 793. The highest BCUT2D eigenvalue weighted by molar-refractivity contribution is 5.83. The van der Waals surface area contributed by atoms with Crippen LogP contribution in [0.25, 0.3) is 22.2 Å². The maximum Gasteiger partial charge on any atom is 0.221 e. The Labute approximate surface area is 122 Å². The lowest BCUT2D eigenvalue weighted by Crippen LogP contribution is -2.30. The molecule has 4 rings (SSSR count). The molecule has 1 aliphatic rings. The molecule has 0 unspecified atom stereocenters. The van der Waals surface area contributed by atoms with Crippen LogP contribution in [-0.2, 0) is 4.74 Å². The van der Waals surface area contributed by atoms with E-state index < -0.39 is 0 Å². The summed E-state index contributed by atoms with van der Waals surface area (Å²) >= 11 is 0. The molecule has 0 spiro atoms. The molecule has 1 saturated heterocycles. The van der Waals surface area contributed by atoms with Crippen LogP contribution in [0.3, 0.4) is 0 Å². The Morgan fingerprint density at radius 3 is 2.90 bits per heavy atom. The van der Waals surface area contributed by atoms with Crippen LogP contribution < -0.4 is 4.74 Å². The van der Waals surface area contributed by atoms with Crippen molar-refractivity contribution in [2.45, 2.75) is 6.04 Å². The minimum absolute atomic E-state index is 0.390. The summed E-state index contributed by atoms with van der Waals surface area (Å²) in [6.45, 7) is 1.51. The third-order valence-corrected chi connectivity index (χ3v) is 3.86. The van der Waals surface area contributed by atoms with E-state index in [0.29, 0.717) is 11.9 Å². The molecule has 0 N–H and O–H groups in total. The minimum Gasteiger partial charge on any atom is -0.481 e. The zero-order chi connectivity index (χ0) is 14.2. The van der Waals surface area contributed by atoms with Crippen molar-refractivity contribution in [1.82, 2.24) is 14.5 Å². The molecule has 0 saturated carbocycles. The molecule has 1 aliphatic heterocycles. The predicted molar refractivity (Wildman–Crippen MR) is 79.4 cm³/mol. The van der Waals surface area contributed by atoms with Crippen molar-refractivity contribution in [1.29, 1.82) is 0 Å². The summed E-state index contributed by atoms with van der Waals surface area (Å²) in [4.78, 5) is 8.72. The van der Waals surface area contributed by atoms with Gasteiger partial charge in [0.2, 0.25) is 5.88 Å². The number of methoxy groups -OCH3 is 1. The Balaban J connectivity index is 1.86. The lowest BCUT2D eigenvalue weighted by atomic mass is 10.1. The topological polar surface area (TPSA) is 49.2 Å². The fourth-order valence-corrected chi connectivity index (χ4v) is 2.64. The third-order valence-electron chi connectivity index (χ3n) is 3.86. The second-order valence-corrected chi connectivity index (χ2v) is 5.11. The normalized spacial score (nSPS) is 15.1. The highest BCUT2D eigenvalue weighted by Gasteiger charge is 2.22. The van der Waals surface area contributed by atoms with E-state index in [9.17, 15) is 0 Å². The molecule has 5 heteroatoms. The zero-order valence-corrected chi connectivity index (χ0v) is 11.7. The maximum absolute atomic E-state index is 5.35. The second-order valence-electron chi connectivity index (χ2n) is 5.11. The number of nitrogens with zero attached hydrogens (tertiary/aromatic N) is 3. The molecule has 2 aromatic heterocycles. The molecule has 3 aromatic rings. The molecular weight excluding hydrogens is 266 g/mol. The van der Waals surface area contributed by atoms with E-state index in [1.807, 2.05) is 24.5 Å². The van der Waals surface area contributed by atoms with Crippen molar-refractivity contribution in [2.75, 3.05) is 20.3 Å². The number of imidazole rings is 1. The first-order valence-electron chi connectivity index (χ1n) is 6.90. The Kier molecular flexibility index (Phi) is 2.86. The molecule has 1 aromatic carbocycles. The highest BCUT2D eigenvalue weighted by atomic mass is 16.5. The van der Waals surface area contributed by atoms with Crippen LogP contribution in [0, 0.1) is 0 Å². The molecule has 0 atom stereocenters. The third kappa shape index (κ3) is 1.97. The van der Waals surface area contributed by atoms with E-state index in [1.165, 1.54) is 0 Å². The van der Waals surface area contributed by atoms with E-state index in [4.69, 9.17) is 9.47 Å². The zero-order valence-electron chi connectivity index (χ0n) is 11.7. The molecule has 21 heavy (non-hydrogen) atoms. The number of fused-ring (bicyclic) bond motifs is 1. The van der Waals surface area contributed by atoms with E-state index >= 15 is 0 Å². The largest absolute Gasteiger partial charge is 0.481 e. The molecule has 0 amide bonds. The first kappa shape index (κ1) is 12.3. The van der Waals surface area contributed by atoms with Gasteiger partial charge in [0.25, 0.3) is 0 Å². The first-order chi connectivity index (χ1) is 10.4. The molecule has 0 radical (unpaired) electrons. The van der Waals surface area contributed by atoms with Crippen LogP contribution in [0.15, 0.2) is 42.9 Å². The number of aromatic nitrogens is 3. The molecule has 3 heterocycles. The van der Waals surface area contributed by atoms with E-state index in [2.05, 4.69) is 26.7 Å². The molecule has 1 fully saturated rings. The van der Waals surface area contributed by atoms with Crippen LogP contribution in [0.2, 0.25) is 0 Å². The van der Waals surface area contributed by atoms with Gasteiger partial charge in [-0.1, -0.05) is 6.07 Å². The maximum atomic E-state index is 5.35. The number of ether oxygens (including phenoxy) is 2. The Morgan fingerprint density at radius 2 is 2.14 bits per heavy atom. The number of hydrogen-bond acceptors (Lipinski definition) is 4. The number of benzene rings is 1. The van der Waals surface area contributed by atoms with E-state index in [-0.39, 0.29) is 0 Å². The summed E-state index contributed by atoms with van der Waals surface area (Å²) in [5.41, 5.74) is 4.18. The van der Waals surface area contributed by atoms with Crippen LogP contribution in [0.5, 0.6) is 5.88 Å². The summed E-state index contributed by atoms with van der Waals surface area (Å²) in [6.07, 6.45) is 3.62. The van der Waals surface area contributed by atoms with Gasteiger partial charge >= 0.3 is 0 Å². The number of rotatable bonds is 3. The second kappa shape index (κ2) is 4.86. The SMILES string of the molecule is COc1ncccc1-c1ccc2ncn(C3COC3)c2c1. The minimum atomic E-state index is 0.390. The Hall–Kier alpha value is -2.40. The fraction of sp³-hybridized carbons (Fsp3) is 0.250. The first-order valence-corrected chi connectivity index (χ1v) is 6.90. The lowest BCUT2D eigenvalue weighted by Gasteiger charge is -2.27. The standard InChI is InChI=1S/C16H15N3O2/c1-20-16-13(3-2-6-17-16)11-4-5-14-15(7-11)19(10-18-14)12-8-21-9-12/h2-7,10,12H,8-9H2,1H3. The molecule has 0 bridgehead atoms. The average Bonchev–Trinajstić information content (AvgIpc) is 2.88. The van der Waals surface area contributed by atoms with Crippen molar-refractivity contribution in [3.05, 3.63) is 42.9 Å². The monoisotopic (exact) mass is 281 g/mol. The quantitative estimate of drug-likeness (QED) is 0.740.